The molecule has 0 N–H and O–H groups in total. The molecule has 8 rings (SSSR count). The van der Waals surface area contributed by atoms with Crippen LogP contribution in [0.2, 0.25) is 0 Å². The molecule has 0 bridgehead atoms. The first-order valence-electron chi connectivity index (χ1n) is 11.7. The number of hydrogen-bond acceptors (Lipinski definition) is 5. The maximum absolute atomic E-state index is 13.2. The third-order valence-corrected chi connectivity index (χ3v) is 6.84. The van der Waals surface area contributed by atoms with Crippen molar-refractivity contribution in [3.05, 3.63) is 113 Å². The fraction of sp³-hybridized carbons (Fsp3) is 0. The van der Waals surface area contributed by atoms with Crippen molar-refractivity contribution in [3.8, 4) is 34.1 Å². The first kappa shape index (κ1) is 19.3. The highest BCUT2D eigenvalue weighted by molar-refractivity contribution is 5.96. The van der Waals surface area contributed by atoms with Crippen molar-refractivity contribution in [1.29, 1.82) is 0 Å². The van der Waals surface area contributed by atoms with E-state index in [0.717, 1.165) is 51.2 Å². The van der Waals surface area contributed by atoms with Crippen molar-refractivity contribution < 1.29 is 13.9 Å². The van der Waals surface area contributed by atoms with Crippen LogP contribution in [0.25, 0.3) is 33.1 Å². The van der Waals surface area contributed by atoms with Crippen molar-refractivity contribution in [2.24, 2.45) is 0 Å². The van der Waals surface area contributed by atoms with Gasteiger partial charge >= 0.3 is 0 Å². The Morgan fingerprint density at radius 2 is 1.19 bits per heavy atom. The number of nitrogens with zero attached hydrogens (tertiary/aromatic N) is 1. The molecule has 0 amide bonds. The standard InChI is InChI=1S/C31H17NO4/c33-31-20-6-1-3-8-24(20)34-25-14-12-18(16-21(25)31)19-13-15-27-23(17-19)32-22-7-2-4-9-26(22)35-28-10-5-11-29(36-27)30(28)32/h1-17H. The zero-order valence-electron chi connectivity index (χ0n) is 18.9. The molecular weight excluding hydrogens is 450 g/mol. The monoisotopic (exact) mass is 467 g/mol. The van der Waals surface area contributed by atoms with Crippen LogP contribution in [0.3, 0.4) is 0 Å². The molecule has 5 nitrogen and oxygen atoms in total. The molecule has 0 aliphatic carbocycles. The Morgan fingerprint density at radius 1 is 0.528 bits per heavy atom. The lowest BCUT2D eigenvalue weighted by atomic mass is 10.00. The second kappa shape index (κ2) is 6.99. The topological polar surface area (TPSA) is 51.9 Å². The average molecular weight is 467 g/mol. The van der Waals surface area contributed by atoms with Gasteiger partial charge in [-0.15, -0.1) is 0 Å². The number of anilines is 3. The van der Waals surface area contributed by atoms with E-state index in [0.29, 0.717) is 21.9 Å². The van der Waals surface area contributed by atoms with E-state index in [2.05, 4.69) is 11.0 Å². The van der Waals surface area contributed by atoms with Gasteiger partial charge in [0, 0.05) is 0 Å². The van der Waals surface area contributed by atoms with Crippen molar-refractivity contribution in [3.63, 3.8) is 0 Å². The van der Waals surface area contributed by atoms with E-state index in [4.69, 9.17) is 13.9 Å². The summed E-state index contributed by atoms with van der Waals surface area (Å²) in [7, 11) is 0. The molecule has 5 heteroatoms. The van der Waals surface area contributed by atoms with Crippen LogP contribution in [0, 0.1) is 0 Å². The second-order valence-corrected chi connectivity index (χ2v) is 8.93. The van der Waals surface area contributed by atoms with E-state index in [1.807, 2.05) is 91.0 Å². The maximum Gasteiger partial charge on any atom is 0.200 e. The lowest BCUT2D eigenvalue weighted by Gasteiger charge is -2.37. The summed E-state index contributed by atoms with van der Waals surface area (Å²) in [6.45, 7) is 0. The summed E-state index contributed by atoms with van der Waals surface area (Å²) in [4.78, 5) is 15.4. The third-order valence-electron chi connectivity index (χ3n) is 6.84. The molecule has 2 aliphatic heterocycles. The third kappa shape index (κ3) is 2.62. The summed E-state index contributed by atoms with van der Waals surface area (Å²) in [6.07, 6.45) is 0. The van der Waals surface area contributed by atoms with E-state index in [1.165, 1.54) is 0 Å². The molecule has 2 aliphatic rings. The molecule has 36 heavy (non-hydrogen) atoms. The van der Waals surface area contributed by atoms with Gasteiger partial charge in [-0.05, 0) is 71.8 Å². The number of benzene rings is 5. The van der Waals surface area contributed by atoms with Crippen molar-refractivity contribution >= 4 is 39.0 Å². The Labute approximate surface area is 205 Å². The predicted octanol–water partition coefficient (Wildman–Crippen LogP) is 8.29. The van der Waals surface area contributed by atoms with Crippen LogP contribution in [-0.2, 0) is 0 Å². The van der Waals surface area contributed by atoms with Gasteiger partial charge in [-0.25, -0.2) is 0 Å². The Bertz CT molecular complexity index is 1920. The summed E-state index contributed by atoms with van der Waals surface area (Å²) < 4.78 is 18.5. The first-order chi connectivity index (χ1) is 17.7. The van der Waals surface area contributed by atoms with Crippen molar-refractivity contribution in [2.45, 2.75) is 0 Å². The molecule has 170 valence electrons. The highest BCUT2D eigenvalue weighted by Gasteiger charge is 2.34. The molecule has 5 aromatic carbocycles. The SMILES string of the molecule is O=c1c2ccccc2oc2ccc(-c3ccc4c(c3)N3c5ccccc5Oc5cccc(c53)O4)cc12. The summed E-state index contributed by atoms with van der Waals surface area (Å²) in [5.41, 5.74) is 5.77. The molecule has 0 saturated carbocycles. The average Bonchev–Trinajstić information content (AvgIpc) is 2.93. The van der Waals surface area contributed by atoms with E-state index in [1.54, 1.807) is 6.07 Å². The van der Waals surface area contributed by atoms with E-state index in [9.17, 15) is 4.79 Å². The van der Waals surface area contributed by atoms with Crippen LogP contribution in [0.1, 0.15) is 0 Å². The molecule has 3 heterocycles. The fourth-order valence-corrected chi connectivity index (χ4v) is 5.16. The zero-order chi connectivity index (χ0) is 23.8. The van der Waals surface area contributed by atoms with Gasteiger partial charge in [0.1, 0.15) is 16.9 Å². The summed E-state index contributed by atoms with van der Waals surface area (Å²) in [5.74, 6) is 3.04. The van der Waals surface area contributed by atoms with Gasteiger partial charge in [-0.2, -0.15) is 0 Å². The molecule has 0 radical (unpaired) electrons. The molecule has 0 spiro atoms. The Kier molecular flexibility index (Phi) is 3.75. The molecule has 0 fully saturated rings. The molecule has 0 saturated heterocycles. The van der Waals surface area contributed by atoms with Crippen LogP contribution < -0.4 is 19.8 Å². The Balaban J connectivity index is 1.33. The molecule has 1 aromatic heterocycles. The lowest BCUT2D eigenvalue weighted by molar-refractivity contribution is 0.446. The highest BCUT2D eigenvalue weighted by Crippen LogP contribution is 2.59. The van der Waals surface area contributed by atoms with Gasteiger partial charge in [0.25, 0.3) is 0 Å². The second-order valence-electron chi connectivity index (χ2n) is 8.93. The minimum Gasteiger partial charge on any atom is -0.456 e. The minimum absolute atomic E-state index is 0.0318. The maximum atomic E-state index is 13.2. The normalized spacial score (nSPS) is 12.9. The van der Waals surface area contributed by atoms with Gasteiger partial charge in [-0.1, -0.05) is 42.5 Å². The number of ether oxygens (including phenoxy) is 2. The van der Waals surface area contributed by atoms with Gasteiger partial charge in [-0.3, -0.25) is 9.69 Å². The molecule has 0 atom stereocenters. The van der Waals surface area contributed by atoms with Crippen molar-refractivity contribution in [1.82, 2.24) is 0 Å². The van der Waals surface area contributed by atoms with Gasteiger partial charge in [0.05, 0.1) is 22.1 Å². The predicted molar refractivity (Wildman–Crippen MR) is 140 cm³/mol. The number of hydrogen-bond donors (Lipinski definition) is 0. The van der Waals surface area contributed by atoms with Crippen LogP contribution in [-0.4, -0.2) is 0 Å². The number of rotatable bonds is 1. The van der Waals surface area contributed by atoms with Crippen LogP contribution in [0.5, 0.6) is 23.0 Å². The highest BCUT2D eigenvalue weighted by atomic mass is 16.5. The number of para-hydroxylation sites is 4. The first-order valence-corrected chi connectivity index (χ1v) is 11.7. The summed E-state index contributed by atoms with van der Waals surface area (Å²) in [6, 6.07) is 33.0. The molecule has 0 unspecified atom stereocenters. The van der Waals surface area contributed by atoms with Crippen LogP contribution >= 0.6 is 0 Å². The fourth-order valence-electron chi connectivity index (χ4n) is 5.16. The smallest absolute Gasteiger partial charge is 0.200 e. The van der Waals surface area contributed by atoms with Crippen LogP contribution in [0.15, 0.2) is 112 Å². The van der Waals surface area contributed by atoms with E-state index < -0.39 is 0 Å². The van der Waals surface area contributed by atoms with Gasteiger partial charge in [0.2, 0.25) is 5.43 Å². The van der Waals surface area contributed by atoms with Crippen molar-refractivity contribution in [2.75, 3.05) is 4.90 Å². The molecule has 6 aromatic rings. The summed E-state index contributed by atoms with van der Waals surface area (Å²) in [5, 5.41) is 1.14. The largest absolute Gasteiger partial charge is 0.456 e. The minimum atomic E-state index is -0.0318. The Hall–Kier alpha value is -5.03. The van der Waals surface area contributed by atoms with E-state index >= 15 is 0 Å². The van der Waals surface area contributed by atoms with Gasteiger partial charge < -0.3 is 13.9 Å². The number of fused-ring (bicyclic) bond motifs is 6. The van der Waals surface area contributed by atoms with Gasteiger partial charge in [0.15, 0.2) is 23.0 Å². The summed E-state index contributed by atoms with van der Waals surface area (Å²) >= 11 is 0. The van der Waals surface area contributed by atoms with Crippen LogP contribution in [0.4, 0.5) is 17.1 Å². The quantitative estimate of drug-likeness (QED) is 0.227. The lowest BCUT2D eigenvalue weighted by Crippen LogP contribution is -2.20. The zero-order valence-corrected chi connectivity index (χ0v) is 18.9. The Morgan fingerprint density at radius 3 is 2.08 bits per heavy atom. The van der Waals surface area contributed by atoms with E-state index in [-0.39, 0.29) is 5.43 Å². The molecular formula is C31H17NO4.